The molecule has 0 bridgehead atoms. The van der Waals surface area contributed by atoms with E-state index in [0.717, 1.165) is 42.9 Å². The Morgan fingerprint density at radius 2 is 1.83 bits per heavy atom. The maximum Gasteiger partial charge on any atom is 0.301 e. The normalized spacial score (nSPS) is 14.9. The lowest BCUT2D eigenvalue weighted by Crippen LogP contribution is -2.36. The SMILES string of the molecule is CC(C)(c1ccc(Cl)c(Cl)c1)c1cnc(OCC2CCN(c3nnn[nH]3)CC2)n1-c1ccc(F)cc1. The number of nitrogens with zero attached hydrogens (tertiary/aromatic N) is 6. The first-order valence-corrected chi connectivity index (χ1v) is 12.5. The smallest absolute Gasteiger partial charge is 0.301 e. The van der Waals surface area contributed by atoms with Crippen molar-refractivity contribution >= 4 is 29.2 Å². The minimum Gasteiger partial charge on any atom is -0.464 e. The molecule has 0 atom stereocenters. The Labute approximate surface area is 218 Å². The monoisotopic (exact) mass is 529 g/mol. The lowest BCUT2D eigenvalue weighted by Gasteiger charge is -2.31. The van der Waals surface area contributed by atoms with Gasteiger partial charge in [-0.2, -0.15) is 0 Å². The van der Waals surface area contributed by atoms with E-state index in [2.05, 4.69) is 44.4 Å². The molecule has 0 saturated carbocycles. The van der Waals surface area contributed by atoms with E-state index in [1.165, 1.54) is 12.1 Å². The van der Waals surface area contributed by atoms with Crippen molar-refractivity contribution in [3.8, 4) is 11.7 Å². The maximum absolute atomic E-state index is 13.7. The fourth-order valence-electron chi connectivity index (χ4n) is 4.54. The third-order valence-corrected chi connectivity index (χ3v) is 7.53. The summed E-state index contributed by atoms with van der Waals surface area (Å²) in [5.41, 5.74) is 2.13. The van der Waals surface area contributed by atoms with Crippen LogP contribution in [0.1, 0.15) is 37.9 Å². The first kappa shape index (κ1) is 24.5. The summed E-state index contributed by atoms with van der Waals surface area (Å²) in [4.78, 5) is 6.77. The molecule has 2 aromatic heterocycles. The van der Waals surface area contributed by atoms with E-state index in [1.54, 1.807) is 24.4 Å². The average molecular weight is 530 g/mol. The van der Waals surface area contributed by atoms with Crippen LogP contribution in [0.15, 0.2) is 48.7 Å². The van der Waals surface area contributed by atoms with Crippen molar-refractivity contribution in [2.24, 2.45) is 5.92 Å². The van der Waals surface area contributed by atoms with Crippen molar-refractivity contribution in [1.29, 1.82) is 0 Å². The van der Waals surface area contributed by atoms with Crippen molar-refractivity contribution in [3.05, 3.63) is 75.8 Å². The van der Waals surface area contributed by atoms with E-state index >= 15 is 0 Å². The zero-order valence-corrected chi connectivity index (χ0v) is 21.5. The van der Waals surface area contributed by atoms with Gasteiger partial charge in [0.25, 0.3) is 0 Å². The molecule has 5 rings (SSSR count). The van der Waals surface area contributed by atoms with Crippen LogP contribution in [0, 0.1) is 11.7 Å². The number of nitrogens with one attached hydrogen (secondary N) is 1. The van der Waals surface area contributed by atoms with Gasteiger partial charge in [-0.3, -0.25) is 4.57 Å². The quantitative estimate of drug-likeness (QED) is 0.342. The molecule has 0 unspecified atom stereocenters. The molecule has 0 radical (unpaired) electrons. The summed E-state index contributed by atoms with van der Waals surface area (Å²) >= 11 is 12.5. The van der Waals surface area contributed by atoms with Gasteiger partial charge in [0.15, 0.2) is 0 Å². The van der Waals surface area contributed by atoms with Gasteiger partial charge in [0.05, 0.1) is 34.2 Å². The second kappa shape index (κ2) is 10.1. The topological polar surface area (TPSA) is 84.8 Å². The van der Waals surface area contributed by atoms with Gasteiger partial charge in [-0.25, -0.2) is 14.5 Å². The molecule has 1 aliphatic heterocycles. The van der Waals surface area contributed by atoms with Gasteiger partial charge >= 0.3 is 6.01 Å². The number of tetrazole rings is 1. The number of hydrogen-bond donors (Lipinski definition) is 1. The zero-order valence-electron chi connectivity index (χ0n) is 20.0. The van der Waals surface area contributed by atoms with Crippen molar-refractivity contribution in [2.45, 2.75) is 32.1 Å². The molecule has 188 valence electrons. The van der Waals surface area contributed by atoms with Gasteiger partial charge in [0.1, 0.15) is 5.82 Å². The zero-order chi connectivity index (χ0) is 25.3. The second-order valence-electron chi connectivity index (χ2n) is 9.46. The fraction of sp³-hybridized carbons (Fsp3) is 0.360. The van der Waals surface area contributed by atoms with E-state index < -0.39 is 5.41 Å². The van der Waals surface area contributed by atoms with E-state index in [1.807, 2.05) is 16.7 Å². The molecule has 3 heterocycles. The Morgan fingerprint density at radius 3 is 2.50 bits per heavy atom. The minimum atomic E-state index is -0.492. The molecule has 8 nitrogen and oxygen atoms in total. The highest BCUT2D eigenvalue weighted by Crippen LogP contribution is 2.38. The van der Waals surface area contributed by atoms with Crippen LogP contribution in [0.4, 0.5) is 10.3 Å². The average Bonchev–Trinajstić information content (AvgIpc) is 3.56. The maximum atomic E-state index is 13.7. The first-order valence-electron chi connectivity index (χ1n) is 11.7. The highest BCUT2D eigenvalue weighted by atomic mass is 35.5. The number of aromatic nitrogens is 6. The van der Waals surface area contributed by atoms with E-state index in [9.17, 15) is 4.39 Å². The molecule has 1 fully saturated rings. The summed E-state index contributed by atoms with van der Waals surface area (Å²) in [5.74, 6) is 0.748. The summed E-state index contributed by atoms with van der Waals surface area (Å²) in [6, 6.07) is 12.4. The van der Waals surface area contributed by atoms with Crippen LogP contribution in [0.2, 0.25) is 10.0 Å². The lowest BCUT2D eigenvalue weighted by molar-refractivity contribution is 0.205. The van der Waals surface area contributed by atoms with Gasteiger partial charge in [0.2, 0.25) is 5.95 Å². The summed E-state index contributed by atoms with van der Waals surface area (Å²) in [5, 5.41) is 15.1. The first-order chi connectivity index (χ1) is 17.3. The highest BCUT2D eigenvalue weighted by molar-refractivity contribution is 6.42. The number of piperidine rings is 1. The van der Waals surface area contributed by atoms with Gasteiger partial charge < -0.3 is 9.64 Å². The van der Waals surface area contributed by atoms with Crippen molar-refractivity contribution in [2.75, 3.05) is 24.6 Å². The van der Waals surface area contributed by atoms with Crippen LogP contribution >= 0.6 is 23.2 Å². The van der Waals surface area contributed by atoms with Crippen molar-refractivity contribution < 1.29 is 9.13 Å². The summed E-state index contributed by atoms with van der Waals surface area (Å²) < 4.78 is 22.0. The molecule has 0 amide bonds. The number of H-pyrrole nitrogens is 1. The largest absolute Gasteiger partial charge is 0.464 e. The third-order valence-electron chi connectivity index (χ3n) is 6.79. The van der Waals surface area contributed by atoms with Crippen molar-refractivity contribution in [1.82, 2.24) is 30.2 Å². The van der Waals surface area contributed by atoms with Crippen LogP contribution in [0.25, 0.3) is 5.69 Å². The number of benzene rings is 2. The van der Waals surface area contributed by atoms with Crippen LogP contribution in [-0.4, -0.2) is 49.9 Å². The Kier molecular flexibility index (Phi) is 6.85. The molecule has 2 aromatic carbocycles. The van der Waals surface area contributed by atoms with Gasteiger partial charge in [-0.1, -0.05) is 48.2 Å². The lowest BCUT2D eigenvalue weighted by atomic mass is 9.81. The van der Waals surface area contributed by atoms with E-state index in [-0.39, 0.29) is 5.82 Å². The fourth-order valence-corrected chi connectivity index (χ4v) is 4.84. The summed E-state index contributed by atoms with van der Waals surface area (Å²) in [7, 11) is 0. The molecule has 36 heavy (non-hydrogen) atoms. The number of anilines is 1. The molecule has 0 spiro atoms. The number of imidazole rings is 1. The van der Waals surface area contributed by atoms with Crippen LogP contribution in [-0.2, 0) is 5.41 Å². The number of ether oxygens (including phenoxy) is 1. The number of aromatic amines is 1. The Morgan fingerprint density at radius 1 is 1.08 bits per heavy atom. The van der Waals surface area contributed by atoms with Crippen LogP contribution in [0.5, 0.6) is 6.01 Å². The van der Waals surface area contributed by atoms with Crippen LogP contribution in [0.3, 0.4) is 0 Å². The second-order valence-corrected chi connectivity index (χ2v) is 10.3. The standard InChI is InChI=1S/C25H26Cl2FN7O/c1-25(2,17-3-8-20(26)21(27)13-17)22-14-29-24(35(22)19-6-4-18(28)5-7-19)36-15-16-9-11-34(12-10-16)23-30-32-33-31-23/h3-8,13-14,16H,9-12,15H2,1-2H3,(H,30,31,32,33). The molecular weight excluding hydrogens is 504 g/mol. The number of hydrogen-bond acceptors (Lipinski definition) is 6. The Hall–Kier alpha value is -3.17. The van der Waals surface area contributed by atoms with E-state index in [4.69, 9.17) is 27.9 Å². The summed E-state index contributed by atoms with van der Waals surface area (Å²) in [6.07, 6.45) is 3.69. The molecule has 4 aromatic rings. The van der Waals surface area contributed by atoms with Gasteiger partial charge in [-0.05, 0) is 71.1 Å². The van der Waals surface area contributed by atoms with E-state index in [0.29, 0.717) is 34.5 Å². The molecular formula is C25H26Cl2FN7O. The summed E-state index contributed by atoms with van der Waals surface area (Å²) in [6.45, 7) is 6.37. The molecule has 0 aliphatic carbocycles. The van der Waals surface area contributed by atoms with Crippen LogP contribution < -0.4 is 9.64 Å². The molecule has 1 N–H and O–H groups in total. The predicted octanol–water partition coefficient (Wildman–Crippen LogP) is 5.45. The molecule has 1 saturated heterocycles. The molecule has 1 aliphatic rings. The van der Waals surface area contributed by atoms with Gasteiger partial charge in [0, 0.05) is 18.5 Å². The highest BCUT2D eigenvalue weighted by Gasteiger charge is 2.31. The van der Waals surface area contributed by atoms with Gasteiger partial charge in [-0.15, -0.1) is 0 Å². The Bertz CT molecular complexity index is 1320. The number of halogens is 3. The van der Waals surface area contributed by atoms with Crippen molar-refractivity contribution in [3.63, 3.8) is 0 Å². The Balaban J connectivity index is 1.40. The molecule has 11 heteroatoms. The number of rotatable bonds is 7. The predicted molar refractivity (Wildman–Crippen MR) is 137 cm³/mol. The minimum absolute atomic E-state index is 0.305. The third kappa shape index (κ3) is 4.90.